The number of carbonyl (C=O) groups excluding carboxylic acids is 2. The smallest absolute Gasteiger partial charge is 0.742 e. The molecule has 1 atom stereocenters. The SMILES string of the molecule is O=C([S-])CC(C(=O)[O-])c1nc2ccccc2s1.[Zn+2]. The quantitative estimate of drug-likeness (QED) is 0.606. The van der Waals surface area contributed by atoms with Gasteiger partial charge in [0.2, 0.25) is 0 Å². The number of thiazole rings is 1. The Morgan fingerprint density at radius 3 is 2.61 bits per heavy atom. The molecule has 1 heterocycles. The molecule has 0 aliphatic carbocycles. The third-order valence-electron chi connectivity index (χ3n) is 2.26. The minimum atomic E-state index is -1.32. The summed E-state index contributed by atoms with van der Waals surface area (Å²) in [5.74, 6) is -2.36. The van der Waals surface area contributed by atoms with E-state index in [1.165, 1.54) is 11.3 Å². The van der Waals surface area contributed by atoms with E-state index in [0.29, 0.717) is 5.01 Å². The van der Waals surface area contributed by atoms with E-state index in [9.17, 15) is 14.7 Å². The molecule has 0 N–H and O–H groups in total. The van der Waals surface area contributed by atoms with E-state index >= 15 is 0 Å². The summed E-state index contributed by atoms with van der Waals surface area (Å²) < 4.78 is 0.880. The zero-order valence-corrected chi connectivity index (χ0v) is 13.9. The van der Waals surface area contributed by atoms with Crippen LogP contribution in [0.3, 0.4) is 0 Å². The van der Waals surface area contributed by atoms with Gasteiger partial charge in [-0.2, -0.15) is 0 Å². The van der Waals surface area contributed by atoms with Gasteiger partial charge in [-0.25, -0.2) is 4.98 Å². The van der Waals surface area contributed by atoms with Gasteiger partial charge < -0.3 is 27.3 Å². The molecule has 0 aliphatic heterocycles. The molecule has 0 fully saturated rings. The molecule has 0 aliphatic rings. The standard InChI is InChI=1S/C11H9NO3S2.Zn/c13-9(16)5-6(11(14)15)10-12-7-3-1-2-4-8(7)17-10;/h1-4,6H,5H2,(H,13,16)(H,14,15);/q;+2/p-2. The summed E-state index contributed by atoms with van der Waals surface area (Å²) in [6, 6.07) is 7.30. The van der Waals surface area contributed by atoms with Crippen LogP contribution in [0.1, 0.15) is 17.3 Å². The zero-order chi connectivity index (χ0) is 12.4. The number of carbonyl (C=O) groups is 2. The molecule has 0 spiro atoms. The van der Waals surface area contributed by atoms with Crippen molar-refractivity contribution in [1.29, 1.82) is 0 Å². The van der Waals surface area contributed by atoms with Crippen LogP contribution in [0.4, 0.5) is 0 Å². The fraction of sp³-hybridized carbons (Fsp3) is 0.182. The summed E-state index contributed by atoms with van der Waals surface area (Å²) in [6.07, 6.45) is -0.252. The molecule has 18 heavy (non-hydrogen) atoms. The molecule has 7 heteroatoms. The van der Waals surface area contributed by atoms with E-state index in [-0.39, 0.29) is 25.9 Å². The van der Waals surface area contributed by atoms with Gasteiger partial charge in [-0.3, -0.25) is 0 Å². The summed E-state index contributed by atoms with van der Waals surface area (Å²) in [5, 5.41) is 10.7. The number of aliphatic carboxylic acids is 1. The number of hydrogen-bond acceptors (Lipinski definition) is 6. The van der Waals surface area contributed by atoms with Gasteiger partial charge in [0.05, 0.1) is 22.1 Å². The van der Waals surface area contributed by atoms with Crippen molar-refractivity contribution in [2.45, 2.75) is 12.3 Å². The first-order valence-electron chi connectivity index (χ1n) is 4.84. The van der Waals surface area contributed by atoms with Crippen molar-refractivity contribution in [2.75, 3.05) is 0 Å². The summed E-state index contributed by atoms with van der Waals surface area (Å²) >= 11 is 5.65. The Kier molecular flexibility index (Phi) is 5.32. The van der Waals surface area contributed by atoms with Gasteiger partial charge in [0.25, 0.3) is 0 Å². The molecule has 2 rings (SSSR count). The van der Waals surface area contributed by atoms with Crippen LogP contribution < -0.4 is 5.11 Å². The number of nitrogens with zero attached hydrogens (tertiary/aromatic N) is 1. The summed E-state index contributed by atoms with van der Waals surface area (Å²) in [4.78, 5) is 26.0. The Bertz CT molecular complexity index is 551. The fourth-order valence-corrected chi connectivity index (χ4v) is 2.70. The largest absolute Gasteiger partial charge is 2.00 e. The molecular weight excluding hydrogens is 324 g/mol. The molecule has 0 saturated carbocycles. The van der Waals surface area contributed by atoms with Gasteiger partial charge in [-0.05, 0) is 18.6 Å². The maximum atomic E-state index is 11.0. The van der Waals surface area contributed by atoms with Crippen molar-refractivity contribution in [3.8, 4) is 0 Å². The number of benzene rings is 1. The van der Waals surface area contributed by atoms with Crippen LogP contribution >= 0.6 is 11.3 Å². The number of aromatic nitrogens is 1. The normalized spacial score (nSPS) is 11.8. The van der Waals surface area contributed by atoms with Crippen molar-refractivity contribution in [3.63, 3.8) is 0 Å². The summed E-state index contributed by atoms with van der Waals surface area (Å²) in [5.41, 5.74) is 0.718. The fourth-order valence-electron chi connectivity index (χ4n) is 1.48. The molecule has 4 nitrogen and oxygen atoms in total. The minimum absolute atomic E-state index is 0. The molecule has 88 valence electrons. The average Bonchev–Trinajstić information content (AvgIpc) is 2.68. The van der Waals surface area contributed by atoms with Crippen LogP contribution in [0.5, 0.6) is 0 Å². The average molecular weight is 331 g/mol. The van der Waals surface area contributed by atoms with Crippen LogP contribution in [0.25, 0.3) is 10.2 Å². The Morgan fingerprint density at radius 2 is 2.06 bits per heavy atom. The van der Waals surface area contributed by atoms with Crippen LogP contribution in [-0.2, 0) is 41.7 Å². The van der Waals surface area contributed by atoms with E-state index in [0.717, 1.165) is 10.2 Å². The minimum Gasteiger partial charge on any atom is -0.742 e. The van der Waals surface area contributed by atoms with E-state index in [1.807, 2.05) is 18.2 Å². The van der Waals surface area contributed by atoms with E-state index in [1.54, 1.807) is 6.07 Å². The second kappa shape index (κ2) is 6.32. The van der Waals surface area contributed by atoms with E-state index < -0.39 is 17.0 Å². The second-order valence-corrected chi connectivity index (χ2v) is 4.99. The molecule has 2 aromatic rings. The molecule has 1 aromatic heterocycles. The number of carboxylic acids is 1. The molecule has 0 bridgehead atoms. The van der Waals surface area contributed by atoms with Crippen molar-refractivity contribution in [1.82, 2.24) is 4.98 Å². The monoisotopic (exact) mass is 329 g/mol. The van der Waals surface area contributed by atoms with Crippen molar-refractivity contribution in [2.24, 2.45) is 0 Å². The third kappa shape index (κ3) is 3.31. The first kappa shape index (κ1) is 15.2. The zero-order valence-electron chi connectivity index (χ0n) is 9.29. The Balaban J connectivity index is 0.00000162. The van der Waals surface area contributed by atoms with Crippen LogP contribution in [0.2, 0.25) is 0 Å². The van der Waals surface area contributed by atoms with Crippen molar-refractivity contribution >= 4 is 45.3 Å². The van der Waals surface area contributed by atoms with Crippen LogP contribution in [0, 0.1) is 0 Å². The van der Waals surface area contributed by atoms with Crippen molar-refractivity contribution < 1.29 is 34.2 Å². The summed E-state index contributed by atoms with van der Waals surface area (Å²) in [7, 11) is 0. The third-order valence-corrected chi connectivity index (χ3v) is 3.58. The van der Waals surface area contributed by atoms with Gasteiger partial charge in [-0.15, -0.1) is 11.3 Å². The topological polar surface area (TPSA) is 70.1 Å². The van der Waals surface area contributed by atoms with E-state index in [4.69, 9.17) is 0 Å². The van der Waals surface area contributed by atoms with Gasteiger partial charge in [-0.1, -0.05) is 12.1 Å². The Morgan fingerprint density at radius 1 is 1.39 bits per heavy atom. The molecule has 1 aromatic carbocycles. The van der Waals surface area contributed by atoms with Crippen molar-refractivity contribution in [3.05, 3.63) is 29.3 Å². The van der Waals surface area contributed by atoms with Gasteiger partial charge in [0, 0.05) is 5.12 Å². The molecule has 0 saturated heterocycles. The number of hydrogen-bond donors (Lipinski definition) is 0. The van der Waals surface area contributed by atoms with E-state index in [2.05, 4.69) is 17.6 Å². The molecular formula is C11H7NO3S2Zn. The maximum Gasteiger partial charge on any atom is 2.00 e. The second-order valence-electron chi connectivity index (χ2n) is 3.47. The number of fused-ring (bicyclic) bond motifs is 1. The van der Waals surface area contributed by atoms with Gasteiger partial charge >= 0.3 is 19.5 Å². The molecule has 0 radical (unpaired) electrons. The maximum absolute atomic E-state index is 11.0. The van der Waals surface area contributed by atoms with Gasteiger partial charge in [0.15, 0.2) is 0 Å². The number of para-hydroxylation sites is 1. The first-order valence-corrected chi connectivity index (χ1v) is 6.06. The Labute approximate surface area is 126 Å². The first-order chi connectivity index (χ1) is 8.08. The predicted octanol–water partition coefficient (Wildman–Crippen LogP) is 0.591. The number of carboxylic acid groups (broad SMARTS) is 1. The Hall–Kier alpha value is -0.907. The molecule has 0 amide bonds. The molecule has 1 unspecified atom stereocenters. The van der Waals surface area contributed by atoms with Crippen LogP contribution in [0.15, 0.2) is 24.3 Å². The predicted molar refractivity (Wildman–Crippen MR) is 64.4 cm³/mol. The number of rotatable bonds is 4. The van der Waals surface area contributed by atoms with Gasteiger partial charge in [0.1, 0.15) is 5.01 Å². The van der Waals surface area contributed by atoms with Crippen LogP contribution in [-0.4, -0.2) is 16.1 Å². The summed E-state index contributed by atoms with van der Waals surface area (Å²) in [6.45, 7) is 0.